The van der Waals surface area contributed by atoms with Crippen molar-refractivity contribution < 1.29 is 4.52 Å². The number of hydrogen-bond acceptors (Lipinski definition) is 5. The van der Waals surface area contributed by atoms with Crippen molar-refractivity contribution in [2.24, 2.45) is 0 Å². The van der Waals surface area contributed by atoms with Crippen molar-refractivity contribution in [1.82, 2.24) is 20.2 Å². The number of benzene rings is 1. The summed E-state index contributed by atoms with van der Waals surface area (Å²) in [5.41, 5.74) is 8.90. The molecule has 0 bridgehead atoms. The lowest BCUT2D eigenvalue weighted by Gasteiger charge is -2.00. The van der Waals surface area contributed by atoms with Gasteiger partial charge in [-0.15, -0.1) is 0 Å². The van der Waals surface area contributed by atoms with Crippen LogP contribution in [0.15, 0.2) is 41.1 Å². The minimum Gasteiger partial charge on any atom is -0.368 e. The monoisotopic (exact) mass is 241 g/mol. The van der Waals surface area contributed by atoms with Gasteiger partial charge in [-0.05, 0) is 19.1 Å². The highest BCUT2D eigenvalue weighted by atomic mass is 16.5. The van der Waals surface area contributed by atoms with Gasteiger partial charge in [-0.1, -0.05) is 17.3 Å². The van der Waals surface area contributed by atoms with Gasteiger partial charge < -0.3 is 10.3 Å². The van der Waals surface area contributed by atoms with E-state index in [9.17, 15) is 0 Å². The maximum absolute atomic E-state index is 5.49. The first-order valence-corrected chi connectivity index (χ1v) is 5.44. The van der Waals surface area contributed by atoms with Crippen LogP contribution in [-0.4, -0.2) is 20.2 Å². The maximum atomic E-state index is 5.49. The Morgan fingerprint density at radius 1 is 1.22 bits per heavy atom. The van der Waals surface area contributed by atoms with Gasteiger partial charge in [-0.3, -0.25) is 0 Å². The molecule has 0 amide bonds. The molecule has 3 aromatic rings. The molecule has 2 heterocycles. The molecule has 0 aliphatic rings. The highest BCUT2D eigenvalue weighted by Crippen LogP contribution is 2.21. The third-order valence-electron chi connectivity index (χ3n) is 2.53. The third-order valence-corrected chi connectivity index (χ3v) is 2.53. The van der Waals surface area contributed by atoms with Gasteiger partial charge in [0.1, 0.15) is 5.69 Å². The number of hydrogen-bond donors (Lipinski definition) is 1. The zero-order valence-electron chi connectivity index (χ0n) is 9.74. The van der Waals surface area contributed by atoms with Crippen LogP contribution in [0.25, 0.3) is 16.9 Å². The van der Waals surface area contributed by atoms with E-state index in [1.54, 1.807) is 17.1 Å². The lowest BCUT2D eigenvalue weighted by Crippen LogP contribution is -1.98. The Morgan fingerprint density at radius 2 is 2.00 bits per heavy atom. The van der Waals surface area contributed by atoms with Crippen LogP contribution in [0.1, 0.15) is 5.69 Å². The van der Waals surface area contributed by atoms with Crippen molar-refractivity contribution in [3.63, 3.8) is 0 Å². The van der Waals surface area contributed by atoms with Crippen LogP contribution >= 0.6 is 0 Å². The van der Waals surface area contributed by atoms with Crippen LogP contribution in [0.2, 0.25) is 0 Å². The van der Waals surface area contributed by atoms with Crippen molar-refractivity contribution in [3.05, 3.63) is 42.2 Å². The molecule has 1 aromatic carbocycles. The Kier molecular flexibility index (Phi) is 2.33. The zero-order chi connectivity index (χ0) is 12.5. The maximum Gasteiger partial charge on any atom is 0.222 e. The van der Waals surface area contributed by atoms with Crippen LogP contribution < -0.4 is 5.73 Å². The molecule has 90 valence electrons. The van der Waals surface area contributed by atoms with Gasteiger partial charge in [0.05, 0.1) is 17.6 Å². The van der Waals surface area contributed by atoms with Crippen LogP contribution in [-0.2, 0) is 0 Å². The molecule has 0 saturated carbocycles. The third kappa shape index (κ3) is 1.84. The smallest absolute Gasteiger partial charge is 0.222 e. The van der Waals surface area contributed by atoms with Crippen molar-refractivity contribution in [1.29, 1.82) is 0 Å². The lowest BCUT2D eigenvalue weighted by molar-refractivity contribution is 0.439. The van der Waals surface area contributed by atoms with Crippen molar-refractivity contribution in [2.45, 2.75) is 6.92 Å². The van der Waals surface area contributed by atoms with E-state index in [2.05, 4.69) is 15.4 Å². The molecule has 18 heavy (non-hydrogen) atoms. The van der Waals surface area contributed by atoms with Gasteiger partial charge in [0.2, 0.25) is 5.88 Å². The Bertz CT molecular complexity index is 609. The van der Waals surface area contributed by atoms with E-state index in [1.807, 2.05) is 31.2 Å². The molecule has 0 radical (unpaired) electrons. The fraction of sp³-hybridized carbons (Fsp3) is 0.0833. The van der Waals surface area contributed by atoms with E-state index < -0.39 is 0 Å². The van der Waals surface area contributed by atoms with Crippen LogP contribution in [0.3, 0.4) is 0 Å². The summed E-state index contributed by atoms with van der Waals surface area (Å²) in [4.78, 5) is 1.58. The van der Waals surface area contributed by atoms with Crippen molar-refractivity contribution in [3.8, 4) is 16.9 Å². The molecule has 2 N–H and O–H groups in total. The molecule has 2 aromatic heterocycles. The quantitative estimate of drug-likeness (QED) is 0.739. The number of rotatable bonds is 2. The highest BCUT2D eigenvalue weighted by molar-refractivity contribution is 5.62. The summed E-state index contributed by atoms with van der Waals surface area (Å²) < 4.78 is 4.83. The topological polar surface area (TPSA) is 82.8 Å². The summed E-state index contributed by atoms with van der Waals surface area (Å²) in [5, 5.41) is 12.2. The molecule has 0 atom stereocenters. The standard InChI is InChI=1S/C12H11N5O/c1-8-7-14-17(15-8)10-4-2-9(3-5-10)11-6-12(13)18-16-11/h2-7H,13H2,1H3. The molecule has 6 nitrogen and oxygen atoms in total. The van der Waals surface area contributed by atoms with Gasteiger partial charge in [0.25, 0.3) is 0 Å². The Labute approximate surface area is 103 Å². The lowest BCUT2D eigenvalue weighted by atomic mass is 10.1. The highest BCUT2D eigenvalue weighted by Gasteiger charge is 2.05. The van der Waals surface area contributed by atoms with Gasteiger partial charge >= 0.3 is 0 Å². The van der Waals surface area contributed by atoms with E-state index in [-0.39, 0.29) is 0 Å². The molecule has 0 spiro atoms. The molecular formula is C12H11N5O. The van der Waals surface area contributed by atoms with Crippen molar-refractivity contribution in [2.75, 3.05) is 5.73 Å². The van der Waals surface area contributed by atoms with Gasteiger partial charge in [0, 0.05) is 11.6 Å². The fourth-order valence-electron chi connectivity index (χ4n) is 1.65. The molecule has 0 fully saturated rings. The molecule has 0 aliphatic heterocycles. The first-order chi connectivity index (χ1) is 8.72. The zero-order valence-corrected chi connectivity index (χ0v) is 9.74. The first-order valence-electron chi connectivity index (χ1n) is 5.44. The van der Waals surface area contributed by atoms with E-state index in [1.165, 1.54) is 0 Å². The Morgan fingerprint density at radius 3 is 2.56 bits per heavy atom. The van der Waals surface area contributed by atoms with E-state index in [4.69, 9.17) is 10.3 Å². The minimum absolute atomic E-state index is 0.304. The van der Waals surface area contributed by atoms with Crippen LogP contribution in [0.4, 0.5) is 5.88 Å². The summed E-state index contributed by atoms with van der Waals surface area (Å²) in [6.07, 6.45) is 1.71. The number of aromatic nitrogens is 4. The Balaban J connectivity index is 1.94. The average Bonchev–Trinajstić information content (AvgIpc) is 2.98. The van der Waals surface area contributed by atoms with Gasteiger partial charge in [0.15, 0.2) is 0 Å². The minimum atomic E-state index is 0.304. The fourth-order valence-corrected chi connectivity index (χ4v) is 1.65. The molecule has 0 unspecified atom stereocenters. The predicted octanol–water partition coefficient (Wildman–Crippen LogP) is 1.81. The van der Waals surface area contributed by atoms with E-state index in [0.29, 0.717) is 11.6 Å². The summed E-state index contributed by atoms with van der Waals surface area (Å²) in [6, 6.07) is 9.36. The largest absolute Gasteiger partial charge is 0.368 e. The van der Waals surface area contributed by atoms with Gasteiger partial charge in [-0.25, -0.2) is 0 Å². The Hall–Kier alpha value is -2.63. The number of nitrogen functional groups attached to an aromatic ring is 1. The van der Waals surface area contributed by atoms with Gasteiger partial charge in [-0.2, -0.15) is 15.0 Å². The number of nitrogens with zero attached hydrogens (tertiary/aromatic N) is 4. The number of aryl methyl sites for hydroxylation is 1. The summed E-state index contributed by atoms with van der Waals surface area (Å²) >= 11 is 0. The molecule has 0 saturated heterocycles. The second kappa shape index (κ2) is 3.99. The second-order valence-electron chi connectivity index (χ2n) is 3.94. The molecule has 0 aliphatic carbocycles. The molecular weight excluding hydrogens is 230 g/mol. The van der Waals surface area contributed by atoms with E-state index in [0.717, 1.165) is 16.9 Å². The number of nitrogens with two attached hydrogens (primary N) is 1. The summed E-state index contributed by atoms with van der Waals surface area (Å²) in [5.74, 6) is 0.304. The average molecular weight is 241 g/mol. The SMILES string of the molecule is Cc1cnn(-c2ccc(-c3cc(N)on3)cc2)n1. The molecule has 3 rings (SSSR count). The van der Waals surface area contributed by atoms with E-state index >= 15 is 0 Å². The number of anilines is 1. The summed E-state index contributed by atoms with van der Waals surface area (Å²) in [7, 11) is 0. The second-order valence-corrected chi connectivity index (χ2v) is 3.94. The summed E-state index contributed by atoms with van der Waals surface area (Å²) in [6.45, 7) is 1.90. The molecule has 6 heteroatoms. The van der Waals surface area contributed by atoms with Crippen LogP contribution in [0, 0.1) is 6.92 Å². The predicted molar refractivity (Wildman–Crippen MR) is 66.0 cm³/mol. The van der Waals surface area contributed by atoms with Crippen LogP contribution in [0.5, 0.6) is 0 Å². The normalized spacial score (nSPS) is 10.7. The van der Waals surface area contributed by atoms with Crippen molar-refractivity contribution >= 4 is 5.88 Å². The first kappa shape index (κ1) is 10.5.